The third-order valence-electron chi connectivity index (χ3n) is 2.84. The lowest BCUT2D eigenvalue weighted by atomic mass is 10.2. The van der Waals surface area contributed by atoms with Gasteiger partial charge in [0.15, 0.2) is 0 Å². The van der Waals surface area contributed by atoms with Crippen molar-refractivity contribution in [2.24, 2.45) is 5.73 Å². The maximum Gasteiger partial charge on any atom is 0.120 e. The van der Waals surface area contributed by atoms with Crippen LogP contribution in [-0.4, -0.2) is 16.9 Å². The van der Waals surface area contributed by atoms with Crippen molar-refractivity contribution in [3.05, 3.63) is 53.2 Å². The Bertz CT molecular complexity index is 493. The zero-order valence-electron chi connectivity index (χ0n) is 10.9. The van der Waals surface area contributed by atoms with Crippen LogP contribution in [0.4, 0.5) is 0 Å². The van der Waals surface area contributed by atoms with Crippen molar-refractivity contribution in [1.82, 2.24) is 9.88 Å². The predicted molar refractivity (Wildman–Crippen MR) is 70.7 cm³/mol. The van der Waals surface area contributed by atoms with Crippen molar-refractivity contribution in [2.45, 2.75) is 26.6 Å². The van der Waals surface area contributed by atoms with Gasteiger partial charge in [-0.05, 0) is 37.7 Å². The van der Waals surface area contributed by atoms with E-state index in [1.165, 1.54) is 0 Å². The molecule has 0 atom stereocenters. The number of nitrogens with two attached hydrogens (primary N) is 1. The van der Waals surface area contributed by atoms with E-state index in [4.69, 9.17) is 10.2 Å². The van der Waals surface area contributed by atoms with Crippen LogP contribution in [0, 0.1) is 6.92 Å². The van der Waals surface area contributed by atoms with Crippen LogP contribution in [0.25, 0.3) is 0 Å². The zero-order valence-corrected chi connectivity index (χ0v) is 10.9. The van der Waals surface area contributed by atoms with Gasteiger partial charge in [-0.2, -0.15) is 0 Å². The van der Waals surface area contributed by atoms with E-state index in [0.29, 0.717) is 6.54 Å². The molecule has 2 aromatic heterocycles. The van der Waals surface area contributed by atoms with Crippen molar-refractivity contribution < 1.29 is 4.42 Å². The van der Waals surface area contributed by atoms with Gasteiger partial charge in [0.2, 0.25) is 0 Å². The number of hydrogen-bond donors (Lipinski definition) is 1. The van der Waals surface area contributed by atoms with Crippen molar-refractivity contribution in [3.63, 3.8) is 0 Å². The molecule has 0 fully saturated rings. The highest BCUT2D eigenvalue weighted by atomic mass is 16.3. The summed E-state index contributed by atoms with van der Waals surface area (Å²) in [6.07, 6.45) is 1.81. The van der Waals surface area contributed by atoms with Crippen LogP contribution in [0.1, 0.15) is 22.8 Å². The minimum absolute atomic E-state index is 0.454. The molecule has 0 aromatic carbocycles. The standard InChI is InChI=1S/C14H19N3O/c1-11-7-13(18-14(11)8-15)10-17(2)9-12-5-3-4-6-16-12/h3-7H,8-10,15H2,1-2H3. The number of rotatable bonds is 5. The summed E-state index contributed by atoms with van der Waals surface area (Å²) in [6, 6.07) is 8.00. The number of nitrogens with zero attached hydrogens (tertiary/aromatic N) is 2. The lowest BCUT2D eigenvalue weighted by Crippen LogP contribution is -2.17. The molecule has 0 aliphatic rings. The van der Waals surface area contributed by atoms with Crippen LogP contribution in [0.2, 0.25) is 0 Å². The fraction of sp³-hybridized carbons (Fsp3) is 0.357. The molecule has 0 saturated carbocycles. The van der Waals surface area contributed by atoms with Crippen LogP contribution in [0.15, 0.2) is 34.9 Å². The Morgan fingerprint density at radius 2 is 2.17 bits per heavy atom. The molecule has 2 aromatic rings. The highest BCUT2D eigenvalue weighted by molar-refractivity contribution is 5.19. The van der Waals surface area contributed by atoms with Crippen LogP contribution in [0.5, 0.6) is 0 Å². The van der Waals surface area contributed by atoms with Gasteiger partial charge in [-0.3, -0.25) is 9.88 Å². The minimum atomic E-state index is 0.454. The van der Waals surface area contributed by atoms with E-state index in [-0.39, 0.29) is 0 Å². The smallest absolute Gasteiger partial charge is 0.120 e. The number of pyridine rings is 1. The van der Waals surface area contributed by atoms with Crippen molar-refractivity contribution >= 4 is 0 Å². The van der Waals surface area contributed by atoms with Crippen LogP contribution in [0.3, 0.4) is 0 Å². The van der Waals surface area contributed by atoms with E-state index in [9.17, 15) is 0 Å². The Morgan fingerprint density at radius 3 is 2.78 bits per heavy atom. The summed E-state index contributed by atoms with van der Waals surface area (Å²) in [5.74, 6) is 1.82. The molecule has 4 heteroatoms. The fourth-order valence-corrected chi connectivity index (χ4v) is 1.96. The molecule has 0 unspecified atom stereocenters. The highest BCUT2D eigenvalue weighted by Gasteiger charge is 2.09. The normalized spacial score (nSPS) is 11.1. The van der Waals surface area contributed by atoms with Gasteiger partial charge in [0.05, 0.1) is 18.8 Å². The first-order chi connectivity index (χ1) is 8.69. The van der Waals surface area contributed by atoms with E-state index in [2.05, 4.69) is 23.0 Å². The van der Waals surface area contributed by atoms with Gasteiger partial charge in [0.25, 0.3) is 0 Å². The highest BCUT2D eigenvalue weighted by Crippen LogP contribution is 2.15. The molecule has 2 heterocycles. The lowest BCUT2D eigenvalue weighted by Gasteiger charge is -2.14. The topological polar surface area (TPSA) is 55.3 Å². The predicted octanol–water partition coefficient (Wildman–Crippen LogP) is 2.07. The van der Waals surface area contributed by atoms with Gasteiger partial charge in [0, 0.05) is 12.7 Å². The van der Waals surface area contributed by atoms with Gasteiger partial charge in [-0.1, -0.05) is 6.07 Å². The van der Waals surface area contributed by atoms with Gasteiger partial charge in [0.1, 0.15) is 11.5 Å². The maximum absolute atomic E-state index is 5.68. The van der Waals surface area contributed by atoms with Crippen molar-refractivity contribution in [1.29, 1.82) is 0 Å². The monoisotopic (exact) mass is 245 g/mol. The molecule has 0 bridgehead atoms. The third-order valence-corrected chi connectivity index (χ3v) is 2.84. The summed E-state index contributed by atoms with van der Waals surface area (Å²) >= 11 is 0. The Hall–Kier alpha value is -1.65. The Morgan fingerprint density at radius 1 is 1.33 bits per heavy atom. The molecule has 0 amide bonds. The molecule has 0 aliphatic carbocycles. The molecule has 0 aliphatic heterocycles. The zero-order chi connectivity index (χ0) is 13.0. The van der Waals surface area contributed by atoms with E-state index < -0.39 is 0 Å². The third kappa shape index (κ3) is 3.18. The Labute approximate surface area is 107 Å². The summed E-state index contributed by atoms with van der Waals surface area (Å²) in [6.45, 7) is 4.04. The van der Waals surface area contributed by atoms with E-state index in [1.54, 1.807) is 0 Å². The molecule has 18 heavy (non-hydrogen) atoms. The number of hydrogen-bond acceptors (Lipinski definition) is 4. The average Bonchev–Trinajstić information content (AvgIpc) is 2.70. The fourth-order valence-electron chi connectivity index (χ4n) is 1.96. The maximum atomic E-state index is 5.68. The van der Waals surface area contributed by atoms with Crippen molar-refractivity contribution in [2.75, 3.05) is 7.05 Å². The SMILES string of the molecule is Cc1cc(CN(C)Cc2ccccn2)oc1CN. The van der Waals surface area contributed by atoms with Gasteiger partial charge >= 0.3 is 0 Å². The molecule has 2 N–H and O–H groups in total. The van der Waals surface area contributed by atoms with Crippen LogP contribution < -0.4 is 5.73 Å². The largest absolute Gasteiger partial charge is 0.463 e. The first-order valence-electron chi connectivity index (χ1n) is 6.05. The summed E-state index contributed by atoms with van der Waals surface area (Å²) in [7, 11) is 2.05. The number of furan rings is 1. The molecule has 4 nitrogen and oxygen atoms in total. The lowest BCUT2D eigenvalue weighted by molar-refractivity contribution is 0.281. The minimum Gasteiger partial charge on any atom is -0.463 e. The van der Waals surface area contributed by atoms with Crippen LogP contribution >= 0.6 is 0 Å². The first kappa shape index (κ1) is 12.8. The quantitative estimate of drug-likeness (QED) is 0.876. The van der Waals surface area contributed by atoms with Crippen LogP contribution in [-0.2, 0) is 19.6 Å². The number of aryl methyl sites for hydroxylation is 1. The second-order valence-corrected chi connectivity index (χ2v) is 4.52. The Balaban J connectivity index is 1.96. The summed E-state index contributed by atoms with van der Waals surface area (Å²) in [5, 5.41) is 0. The second-order valence-electron chi connectivity index (χ2n) is 4.52. The molecule has 2 rings (SSSR count). The molecule has 96 valence electrons. The summed E-state index contributed by atoms with van der Waals surface area (Å²) in [5.41, 5.74) is 7.78. The van der Waals surface area contributed by atoms with E-state index in [0.717, 1.165) is 35.9 Å². The number of aromatic nitrogens is 1. The molecule has 0 saturated heterocycles. The Kier molecular flexibility index (Phi) is 4.12. The average molecular weight is 245 g/mol. The molecular formula is C14H19N3O. The molecule has 0 spiro atoms. The summed E-state index contributed by atoms with van der Waals surface area (Å²) in [4.78, 5) is 6.47. The second kappa shape index (κ2) is 5.80. The van der Waals surface area contributed by atoms with Gasteiger partial charge < -0.3 is 10.2 Å². The van der Waals surface area contributed by atoms with Gasteiger partial charge in [-0.25, -0.2) is 0 Å². The first-order valence-corrected chi connectivity index (χ1v) is 6.05. The molecular weight excluding hydrogens is 226 g/mol. The van der Waals surface area contributed by atoms with Crippen molar-refractivity contribution in [3.8, 4) is 0 Å². The summed E-state index contributed by atoms with van der Waals surface area (Å²) < 4.78 is 5.68. The van der Waals surface area contributed by atoms with E-state index >= 15 is 0 Å². The van der Waals surface area contributed by atoms with E-state index in [1.807, 2.05) is 31.3 Å². The molecule has 0 radical (unpaired) electrons. The van der Waals surface area contributed by atoms with Gasteiger partial charge in [-0.15, -0.1) is 0 Å².